The second kappa shape index (κ2) is 7.81. The molecule has 1 unspecified atom stereocenters. The van der Waals surface area contributed by atoms with E-state index in [0.717, 1.165) is 6.08 Å². The van der Waals surface area contributed by atoms with Crippen LogP contribution in [0.3, 0.4) is 0 Å². The summed E-state index contributed by atoms with van der Waals surface area (Å²) in [4.78, 5) is 11.0. The fraction of sp³-hybridized carbons (Fsp3) is 0.118. The predicted octanol–water partition coefficient (Wildman–Crippen LogP) is 6.81. The van der Waals surface area contributed by atoms with Crippen LogP contribution in [-0.4, -0.2) is 17.3 Å². The molecule has 0 aromatic heterocycles. The molecule has 0 spiro atoms. The fourth-order valence-corrected chi connectivity index (χ4v) is 3.29. The second-order valence-electron chi connectivity index (χ2n) is 5.13. The summed E-state index contributed by atoms with van der Waals surface area (Å²) < 4.78 is 40.5. The number of halogens is 6. The Bertz CT molecular complexity index is 815. The Kier molecular flexibility index (Phi) is 6.19. The van der Waals surface area contributed by atoms with Crippen LogP contribution in [0.1, 0.15) is 27.4 Å². The molecule has 2 nitrogen and oxygen atoms in total. The first-order valence-corrected chi connectivity index (χ1v) is 8.36. The molecular formula is C17H10BrCl2F3O2. The summed E-state index contributed by atoms with van der Waals surface area (Å²) >= 11 is 14.7. The van der Waals surface area contributed by atoms with Crippen LogP contribution in [0.5, 0.6) is 0 Å². The van der Waals surface area contributed by atoms with Crippen molar-refractivity contribution in [1.29, 1.82) is 0 Å². The van der Waals surface area contributed by atoms with E-state index in [9.17, 15) is 18.0 Å². The maximum atomic E-state index is 13.4. The van der Waals surface area contributed by atoms with Crippen LogP contribution in [0.15, 0.2) is 46.9 Å². The summed E-state index contributed by atoms with van der Waals surface area (Å²) in [7, 11) is 0. The first-order chi connectivity index (χ1) is 11.6. The Hall–Kier alpha value is -1.50. The highest BCUT2D eigenvalue weighted by Gasteiger charge is 2.39. The Balaban J connectivity index is 2.39. The standard InChI is InChI=1S/C17H10BrCl2F3O2/c18-15-5-9(1-3-13(15)16(24)25)2-4-14(17(21,22)23)10-6-11(19)8-12(20)7-10/h1-8,14H,(H,24,25)/b4-2+. The molecule has 0 saturated heterocycles. The number of carbonyl (C=O) groups is 1. The highest BCUT2D eigenvalue weighted by molar-refractivity contribution is 9.10. The smallest absolute Gasteiger partial charge is 0.399 e. The minimum atomic E-state index is -4.54. The SMILES string of the molecule is O=C(O)c1ccc(/C=C/C(c2cc(Cl)cc(Cl)c2)C(F)(F)F)cc1Br. The van der Waals surface area contributed by atoms with Crippen LogP contribution in [0.4, 0.5) is 13.2 Å². The molecule has 0 heterocycles. The van der Waals surface area contributed by atoms with Gasteiger partial charge in [0.05, 0.1) is 11.5 Å². The van der Waals surface area contributed by atoms with E-state index in [0.29, 0.717) is 5.56 Å². The molecule has 0 radical (unpaired) electrons. The van der Waals surface area contributed by atoms with Crippen molar-refractivity contribution < 1.29 is 23.1 Å². The molecule has 132 valence electrons. The highest BCUT2D eigenvalue weighted by atomic mass is 79.9. The van der Waals surface area contributed by atoms with Crippen LogP contribution in [0, 0.1) is 0 Å². The number of rotatable bonds is 4. The van der Waals surface area contributed by atoms with Crippen LogP contribution >= 0.6 is 39.1 Å². The molecule has 25 heavy (non-hydrogen) atoms. The van der Waals surface area contributed by atoms with Gasteiger partial charge in [-0.25, -0.2) is 4.79 Å². The molecule has 0 fully saturated rings. The van der Waals surface area contributed by atoms with E-state index in [1.165, 1.54) is 42.5 Å². The number of allylic oxidation sites excluding steroid dienone is 1. The minimum absolute atomic E-state index is 0.0196. The summed E-state index contributed by atoms with van der Waals surface area (Å²) in [6.45, 7) is 0. The summed E-state index contributed by atoms with van der Waals surface area (Å²) in [5.41, 5.74) is 0.355. The van der Waals surface area contributed by atoms with Gasteiger partial charge in [0.1, 0.15) is 0 Å². The molecule has 1 atom stereocenters. The van der Waals surface area contributed by atoms with Crippen LogP contribution in [-0.2, 0) is 0 Å². The van der Waals surface area contributed by atoms with Gasteiger partial charge in [-0.15, -0.1) is 0 Å². The third-order valence-electron chi connectivity index (χ3n) is 3.30. The monoisotopic (exact) mass is 452 g/mol. The predicted molar refractivity (Wildman–Crippen MR) is 95.4 cm³/mol. The molecule has 0 aliphatic carbocycles. The van der Waals surface area contributed by atoms with Gasteiger partial charge in [-0.2, -0.15) is 13.2 Å². The lowest BCUT2D eigenvalue weighted by Gasteiger charge is -2.18. The molecule has 0 aliphatic rings. The molecule has 0 saturated carbocycles. The second-order valence-corrected chi connectivity index (χ2v) is 6.85. The average molecular weight is 454 g/mol. The molecular weight excluding hydrogens is 444 g/mol. The molecule has 0 aliphatic heterocycles. The van der Waals surface area contributed by atoms with Crippen molar-refractivity contribution >= 4 is 51.2 Å². The number of carboxylic acids is 1. The van der Waals surface area contributed by atoms with E-state index in [1.54, 1.807) is 0 Å². The molecule has 8 heteroatoms. The third-order valence-corrected chi connectivity index (χ3v) is 4.39. The largest absolute Gasteiger partial charge is 0.478 e. The van der Waals surface area contributed by atoms with Crippen LogP contribution < -0.4 is 0 Å². The fourth-order valence-electron chi connectivity index (χ4n) is 2.18. The van der Waals surface area contributed by atoms with E-state index in [4.69, 9.17) is 28.3 Å². The van der Waals surface area contributed by atoms with Crippen molar-refractivity contribution in [3.63, 3.8) is 0 Å². The van der Waals surface area contributed by atoms with Gasteiger partial charge < -0.3 is 5.11 Å². The van der Waals surface area contributed by atoms with Crippen LogP contribution in [0.2, 0.25) is 10.0 Å². The summed E-state index contributed by atoms with van der Waals surface area (Å²) in [6.07, 6.45) is -2.30. The zero-order valence-electron chi connectivity index (χ0n) is 12.3. The van der Waals surface area contributed by atoms with E-state index >= 15 is 0 Å². The molecule has 2 rings (SSSR count). The number of aromatic carboxylic acids is 1. The van der Waals surface area contributed by atoms with Crippen molar-refractivity contribution in [2.24, 2.45) is 0 Å². The Labute approximate surface area is 160 Å². The Morgan fingerprint density at radius 3 is 2.20 bits per heavy atom. The van der Waals surface area contributed by atoms with Gasteiger partial charge in [-0.3, -0.25) is 0 Å². The van der Waals surface area contributed by atoms with Crippen molar-refractivity contribution in [1.82, 2.24) is 0 Å². The van der Waals surface area contributed by atoms with Gasteiger partial charge >= 0.3 is 12.1 Å². The molecule has 0 amide bonds. The molecule has 2 aromatic carbocycles. The maximum absolute atomic E-state index is 13.4. The van der Waals surface area contributed by atoms with Gasteiger partial charge in [0.25, 0.3) is 0 Å². The minimum Gasteiger partial charge on any atom is -0.478 e. The summed E-state index contributed by atoms with van der Waals surface area (Å²) in [5, 5.41) is 9.18. The van der Waals surface area contributed by atoms with Crippen molar-refractivity contribution in [2.75, 3.05) is 0 Å². The van der Waals surface area contributed by atoms with Gasteiger partial charge in [0.15, 0.2) is 0 Å². The average Bonchev–Trinajstić information content (AvgIpc) is 2.44. The summed E-state index contributed by atoms with van der Waals surface area (Å²) in [6, 6.07) is 7.93. The molecule has 2 aromatic rings. The van der Waals surface area contributed by atoms with E-state index in [2.05, 4.69) is 15.9 Å². The van der Waals surface area contributed by atoms with Gasteiger partial charge in [0.2, 0.25) is 0 Å². The van der Waals surface area contributed by atoms with E-state index in [-0.39, 0.29) is 25.6 Å². The van der Waals surface area contributed by atoms with E-state index in [1.807, 2.05) is 0 Å². The maximum Gasteiger partial charge on any atom is 0.399 e. The van der Waals surface area contributed by atoms with Gasteiger partial charge in [-0.1, -0.05) is 41.4 Å². The van der Waals surface area contributed by atoms with Gasteiger partial charge in [-0.05, 0) is 57.4 Å². The molecule has 0 bridgehead atoms. The normalized spacial score (nSPS) is 13.2. The Morgan fingerprint density at radius 1 is 1.12 bits per heavy atom. The number of carboxylic acid groups (broad SMARTS) is 1. The zero-order valence-corrected chi connectivity index (χ0v) is 15.4. The summed E-state index contributed by atoms with van der Waals surface area (Å²) in [5.74, 6) is -3.04. The lowest BCUT2D eigenvalue weighted by molar-refractivity contribution is -0.139. The van der Waals surface area contributed by atoms with Gasteiger partial charge in [0, 0.05) is 14.5 Å². The molecule has 1 N–H and O–H groups in total. The Morgan fingerprint density at radius 2 is 1.72 bits per heavy atom. The topological polar surface area (TPSA) is 37.3 Å². The van der Waals surface area contributed by atoms with Crippen molar-refractivity contribution in [3.05, 3.63) is 73.7 Å². The first-order valence-electron chi connectivity index (χ1n) is 6.81. The number of alkyl halides is 3. The number of hydrogen-bond acceptors (Lipinski definition) is 1. The zero-order chi connectivity index (χ0) is 18.8. The quantitative estimate of drug-likeness (QED) is 0.551. The van der Waals surface area contributed by atoms with Crippen molar-refractivity contribution in [3.8, 4) is 0 Å². The highest BCUT2D eigenvalue weighted by Crippen LogP contribution is 2.38. The van der Waals surface area contributed by atoms with E-state index < -0.39 is 18.1 Å². The van der Waals surface area contributed by atoms with Crippen molar-refractivity contribution in [2.45, 2.75) is 12.1 Å². The number of benzene rings is 2. The first kappa shape index (κ1) is 19.8. The lowest BCUT2D eigenvalue weighted by Crippen LogP contribution is -2.18. The van der Waals surface area contributed by atoms with Crippen LogP contribution in [0.25, 0.3) is 6.08 Å². The number of hydrogen-bond donors (Lipinski definition) is 1. The lowest BCUT2D eigenvalue weighted by atomic mass is 9.97. The third kappa shape index (κ3) is 5.23.